The van der Waals surface area contributed by atoms with Crippen LogP contribution in [0.5, 0.6) is 0 Å². The first kappa shape index (κ1) is 22.9. The van der Waals surface area contributed by atoms with Gasteiger partial charge in [-0.25, -0.2) is 4.90 Å². The van der Waals surface area contributed by atoms with E-state index in [0.717, 1.165) is 10.5 Å². The lowest BCUT2D eigenvalue weighted by Gasteiger charge is -2.17. The molecule has 0 aromatic heterocycles. The summed E-state index contributed by atoms with van der Waals surface area (Å²) < 4.78 is 0. The smallest absolute Gasteiger partial charge is 0.283 e. The molecule has 4 rings (SSSR count). The fraction of sp³-hybridized carbons (Fsp3) is 0.0417. The van der Waals surface area contributed by atoms with Crippen LogP contribution in [-0.2, 0) is 9.59 Å². The molecular weight excluding hydrogens is 485 g/mol. The molecule has 3 amide bonds. The lowest BCUT2D eigenvalue weighted by Crippen LogP contribution is -2.32. The van der Waals surface area contributed by atoms with Crippen LogP contribution in [0.2, 0.25) is 10.0 Å². The fourth-order valence-electron chi connectivity index (χ4n) is 3.29. The highest BCUT2D eigenvalue weighted by molar-refractivity contribution is 6.54. The van der Waals surface area contributed by atoms with Gasteiger partial charge in [0.2, 0.25) is 0 Å². The third-order valence-corrected chi connectivity index (χ3v) is 6.15. The van der Waals surface area contributed by atoms with Crippen LogP contribution in [0.1, 0.15) is 15.9 Å². The summed E-state index contributed by atoms with van der Waals surface area (Å²) in [5.74, 6) is -1.75. The summed E-state index contributed by atoms with van der Waals surface area (Å²) in [6.45, 7) is 1.89. The number of anilines is 3. The van der Waals surface area contributed by atoms with Crippen molar-refractivity contribution >= 4 is 69.6 Å². The van der Waals surface area contributed by atoms with E-state index in [9.17, 15) is 14.4 Å². The molecule has 0 unspecified atom stereocenters. The van der Waals surface area contributed by atoms with E-state index in [2.05, 4.69) is 10.6 Å². The number of halogens is 3. The maximum Gasteiger partial charge on any atom is 0.283 e. The molecule has 3 aromatic carbocycles. The predicted molar refractivity (Wildman–Crippen MR) is 131 cm³/mol. The van der Waals surface area contributed by atoms with Gasteiger partial charge in [0, 0.05) is 16.9 Å². The van der Waals surface area contributed by atoms with E-state index in [-0.39, 0.29) is 32.4 Å². The van der Waals surface area contributed by atoms with Gasteiger partial charge in [-0.05, 0) is 48.9 Å². The average Bonchev–Trinajstić information content (AvgIpc) is 3.00. The topological polar surface area (TPSA) is 78.5 Å². The first-order chi connectivity index (χ1) is 15.8. The standard InChI is InChI=1S/C24H16Cl3N3O3/c1-13-6-2-3-10-17(13)29-22(31)14-7-4-8-15(12-14)28-21-20(27)23(32)30(24(21)33)18-11-5-9-16(25)19(18)26/h2-12,28H,1H3,(H,29,31). The summed E-state index contributed by atoms with van der Waals surface area (Å²) in [4.78, 5) is 39.3. The van der Waals surface area contributed by atoms with Gasteiger partial charge in [-0.3, -0.25) is 14.4 Å². The number of benzene rings is 3. The van der Waals surface area contributed by atoms with Crippen molar-refractivity contribution in [2.45, 2.75) is 6.92 Å². The lowest BCUT2D eigenvalue weighted by molar-refractivity contribution is -0.120. The zero-order valence-corrected chi connectivity index (χ0v) is 19.4. The van der Waals surface area contributed by atoms with Crippen LogP contribution in [0.25, 0.3) is 0 Å². The number of carbonyl (C=O) groups excluding carboxylic acids is 3. The number of para-hydroxylation sites is 1. The maximum absolute atomic E-state index is 13.0. The molecule has 0 spiro atoms. The van der Waals surface area contributed by atoms with Crippen LogP contribution in [0, 0.1) is 6.92 Å². The molecule has 3 aromatic rings. The second kappa shape index (κ2) is 9.27. The number of carbonyl (C=O) groups is 3. The summed E-state index contributed by atoms with van der Waals surface area (Å²) >= 11 is 18.4. The molecular formula is C24H16Cl3N3O3. The molecule has 1 aliphatic heterocycles. The molecule has 0 fully saturated rings. The number of hydrogen-bond donors (Lipinski definition) is 2. The Morgan fingerprint density at radius 2 is 1.61 bits per heavy atom. The number of rotatable bonds is 5. The molecule has 1 aliphatic rings. The molecule has 166 valence electrons. The van der Waals surface area contributed by atoms with Gasteiger partial charge in [0.15, 0.2) is 0 Å². The Bertz CT molecular complexity index is 1340. The highest BCUT2D eigenvalue weighted by Gasteiger charge is 2.40. The van der Waals surface area contributed by atoms with E-state index in [0.29, 0.717) is 16.9 Å². The first-order valence-corrected chi connectivity index (χ1v) is 10.9. The van der Waals surface area contributed by atoms with Crippen molar-refractivity contribution in [2.75, 3.05) is 15.5 Å². The van der Waals surface area contributed by atoms with Crippen molar-refractivity contribution < 1.29 is 14.4 Å². The maximum atomic E-state index is 13.0. The van der Waals surface area contributed by atoms with Crippen LogP contribution in [0.15, 0.2) is 77.5 Å². The van der Waals surface area contributed by atoms with Gasteiger partial charge < -0.3 is 10.6 Å². The molecule has 0 atom stereocenters. The van der Waals surface area contributed by atoms with Gasteiger partial charge in [0.05, 0.1) is 15.7 Å². The summed E-state index contributed by atoms with van der Waals surface area (Å²) in [5.41, 5.74) is 2.37. The molecule has 6 nitrogen and oxygen atoms in total. The molecule has 1 heterocycles. The van der Waals surface area contributed by atoms with Crippen LogP contribution in [0.4, 0.5) is 17.1 Å². The minimum absolute atomic E-state index is 0.0569. The Morgan fingerprint density at radius 3 is 2.36 bits per heavy atom. The molecule has 0 bridgehead atoms. The van der Waals surface area contributed by atoms with Gasteiger partial charge in [0.1, 0.15) is 10.7 Å². The Labute approximate surface area is 204 Å². The number of amides is 3. The Hall–Kier alpha value is -3.32. The minimum atomic E-state index is -0.734. The van der Waals surface area contributed by atoms with Crippen LogP contribution in [-0.4, -0.2) is 17.7 Å². The Kier molecular flexibility index (Phi) is 6.42. The van der Waals surface area contributed by atoms with E-state index < -0.39 is 11.8 Å². The fourth-order valence-corrected chi connectivity index (χ4v) is 3.88. The highest BCUT2D eigenvalue weighted by atomic mass is 35.5. The molecule has 0 radical (unpaired) electrons. The van der Waals surface area contributed by atoms with Crippen LogP contribution >= 0.6 is 34.8 Å². The average molecular weight is 501 g/mol. The van der Waals surface area contributed by atoms with Gasteiger partial charge in [-0.15, -0.1) is 0 Å². The summed E-state index contributed by atoms with van der Waals surface area (Å²) in [5, 5.41) is 5.66. The van der Waals surface area contributed by atoms with Crippen molar-refractivity contribution in [3.63, 3.8) is 0 Å². The zero-order chi connectivity index (χ0) is 23.7. The van der Waals surface area contributed by atoms with Gasteiger partial charge in [0.25, 0.3) is 17.7 Å². The number of nitrogens with one attached hydrogen (secondary N) is 2. The van der Waals surface area contributed by atoms with Crippen molar-refractivity contribution in [3.05, 3.63) is 98.6 Å². The predicted octanol–water partition coefficient (Wildman–Crippen LogP) is 5.99. The SMILES string of the molecule is Cc1ccccc1NC(=O)c1cccc(NC2=C(Cl)C(=O)N(c3cccc(Cl)c3Cl)C2=O)c1. The van der Waals surface area contributed by atoms with E-state index >= 15 is 0 Å². The number of hydrogen-bond acceptors (Lipinski definition) is 4. The highest BCUT2D eigenvalue weighted by Crippen LogP contribution is 2.37. The summed E-state index contributed by atoms with van der Waals surface area (Å²) in [6.07, 6.45) is 0. The summed E-state index contributed by atoms with van der Waals surface area (Å²) in [7, 11) is 0. The van der Waals surface area contributed by atoms with Gasteiger partial charge in [-0.1, -0.05) is 65.1 Å². The molecule has 0 saturated carbocycles. The Balaban J connectivity index is 1.57. The molecule has 2 N–H and O–H groups in total. The number of imide groups is 1. The number of nitrogens with zero attached hydrogens (tertiary/aromatic N) is 1. The molecule has 0 aliphatic carbocycles. The number of aryl methyl sites for hydroxylation is 1. The normalized spacial score (nSPS) is 13.5. The largest absolute Gasteiger partial charge is 0.350 e. The Morgan fingerprint density at radius 1 is 0.879 bits per heavy atom. The van der Waals surface area contributed by atoms with Crippen LogP contribution < -0.4 is 15.5 Å². The quantitative estimate of drug-likeness (QED) is 0.422. The second-order valence-corrected chi connectivity index (χ2v) is 8.35. The van der Waals surface area contributed by atoms with E-state index in [1.165, 1.54) is 6.07 Å². The van der Waals surface area contributed by atoms with E-state index in [1.54, 1.807) is 42.5 Å². The van der Waals surface area contributed by atoms with Crippen molar-refractivity contribution in [1.29, 1.82) is 0 Å². The third-order valence-electron chi connectivity index (χ3n) is 4.99. The van der Waals surface area contributed by atoms with Gasteiger partial charge >= 0.3 is 0 Å². The zero-order valence-electron chi connectivity index (χ0n) is 17.2. The molecule has 9 heteroatoms. The van der Waals surface area contributed by atoms with Crippen molar-refractivity contribution in [1.82, 2.24) is 0 Å². The van der Waals surface area contributed by atoms with Gasteiger partial charge in [-0.2, -0.15) is 0 Å². The third kappa shape index (κ3) is 4.46. The van der Waals surface area contributed by atoms with Crippen molar-refractivity contribution in [2.24, 2.45) is 0 Å². The first-order valence-electron chi connectivity index (χ1n) is 9.74. The molecule has 0 saturated heterocycles. The van der Waals surface area contributed by atoms with E-state index in [1.807, 2.05) is 25.1 Å². The monoisotopic (exact) mass is 499 g/mol. The lowest BCUT2D eigenvalue weighted by atomic mass is 10.1. The van der Waals surface area contributed by atoms with Crippen LogP contribution in [0.3, 0.4) is 0 Å². The summed E-state index contributed by atoms with van der Waals surface area (Å²) in [6, 6.07) is 18.5. The minimum Gasteiger partial charge on any atom is -0.350 e. The van der Waals surface area contributed by atoms with E-state index in [4.69, 9.17) is 34.8 Å². The molecule has 33 heavy (non-hydrogen) atoms. The second-order valence-electron chi connectivity index (χ2n) is 7.18. The van der Waals surface area contributed by atoms with Crippen molar-refractivity contribution in [3.8, 4) is 0 Å².